The highest BCUT2D eigenvalue weighted by Gasteiger charge is 2.13. The molecule has 0 saturated heterocycles. The molecule has 0 fully saturated rings. The molecule has 3 heterocycles. The predicted octanol–water partition coefficient (Wildman–Crippen LogP) is 2.05. The minimum absolute atomic E-state index is 0.671. The van der Waals surface area contributed by atoms with Crippen LogP contribution in [0.1, 0.15) is 17.0 Å². The molecule has 7 nitrogen and oxygen atoms in total. The van der Waals surface area contributed by atoms with Gasteiger partial charge in [0.1, 0.15) is 6.33 Å². The van der Waals surface area contributed by atoms with Gasteiger partial charge in [-0.25, -0.2) is 0 Å². The standard InChI is InChI=1S/C17H17N7/c1-2-4-14(5-3-1)10-23(11-15-6-7-19-21-15)12-16-17-22-20-13-24(17)9-8-18-16/h1-9,13H,10-12H2,(H,19,21). The van der Waals surface area contributed by atoms with Gasteiger partial charge in [0.05, 0.1) is 11.4 Å². The van der Waals surface area contributed by atoms with Crippen molar-refractivity contribution in [2.45, 2.75) is 19.6 Å². The fourth-order valence-corrected chi connectivity index (χ4v) is 2.75. The van der Waals surface area contributed by atoms with Crippen molar-refractivity contribution in [2.24, 2.45) is 0 Å². The molecule has 1 N–H and O–H groups in total. The molecule has 24 heavy (non-hydrogen) atoms. The third-order valence-electron chi connectivity index (χ3n) is 3.86. The van der Waals surface area contributed by atoms with Crippen LogP contribution in [0, 0.1) is 0 Å². The van der Waals surface area contributed by atoms with Gasteiger partial charge in [-0.15, -0.1) is 10.2 Å². The number of hydrogen-bond acceptors (Lipinski definition) is 5. The second kappa shape index (κ2) is 6.59. The minimum Gasteiger partial charge on any atom is -0.287 e. The zero-order valence-electron chi connectivity index (χ0n) is 13.1. The van der Waals surface area contributed by atoms with Gasteiger partial charge in [0.15, 0.2) is 5.65 Å². The Morgan fingerprint density at radius 1 is 1.04 bits per heavy atom. The number of hydrogen-bond donors (Lipinski definition) is 1. The summed E-state index contributed by atoms with van der Waals surface area (Å²) in [6.45, 7) is 2.21. The summed E-state index contributed by atoms with van der Waals surface area (Å²) in [7, 11) is 0. The van der Waals surface area contributed by atoms with E-state index in [9.17, 15) is 0 Å². The molecule has 0 amide bonds. The molecule has 0 unspecified atom stereocenters. The summed E-state index contributed by atoms with van der Waals surface area (Å²) in [5.41, 5.74) is 3.94. The van der Waals surface area contributed by atoms with E-state index < -0.39 is 0 Å². The average molecular weight is 319 g/mol. The fourth-order valence-electron chi connectivity index (χ4n) is 2.75. The second-order valence-electron chi connectivity index (χ2n) is 5.63. The Morgan fingerprint density at radius 2 is 1.96 bits per heavy atom. The molecule has 1 aromatic carbocycles. The lowest BCUT2D eigenvalue weighted by Gasteiger charge is -2.21. The number of rotatable bonds is 6. The van der Waals surface area contributed by atoms with E-state index in [1.54, 1.807) is 12.5 Å². The highest BCUT2D eigenvalue weighted by atomic mass is 15.2. The van der Waals surface area contributed by atoms with Crippen LogP contribution in [0.2, 0.25) is 0 Å². The first-order valence-corrected chi connectivity index (χ1v) is 7.76. The summed E-state index contributed by atoms with van der Waals surface area (Å²) >= 11 is 0. The number of aromatic amines is 1. The molecule has 0 aliphatic carbocycles. The number of H-pyrrole nitrogens is 1. The van der Waals surface area contributed by atoms with E-state index in [0.29, 0.717) is 6.54 Å². The zero-order valence-corrected chi connectivity index (χ0v) is 13.1. The van der Waals surface area contributed by atoms with Crippen molar-refractivity contribution in [3.63, 3.8) is 0 Å². The van der Waals surface area contributed by atoms with Gasteiger partial charge in [-0.2, -0.15) is 5.10 Å². The van der Waals surface area contributed by atoms with E-state index in [1.165, 1.54) is 5.56 Å². The molecule has 0 radical (unpaired) electrons. The molecule has 0 aliphatic rings. The summed E-state index contributed by atoms with van der Waals surface area (Å²) in [6.07, 6.45) is 7.16. The molecule has 0 spiro atoms. The third kappa shape index (κ3) is 3.16. The van der Waals surface area contributed by atoms with Gasteiger partial charge in [0.2, 0.25) is 0 Å². The second-order valence-corrected chi connectivity index (χ2v) is 5.63. The molecule has 120 valence electrons. The highest BCUT2D eigenvalue weighted by Crippen LogP contribution is 2.14. The van der Waals surface area contributed by atoms with E-state index in [4.69, 9.17) is 0 Å². The van der Waals surface area contributed by atoms with Crippen molar-refractivity contribution in [1.29, 1.82) is 0 Å². The van der Waals surface area contributed by atoms with Gasteiger partial charge < -0.3 is 0 Å². The maximum absolute atomic E-state index is 4.50. The van der Waals surface area contributed by atoms with E-state index in [1.807, 2.05) is 28.9 Å². The normalized spacial score (nSPS) is 11.4. The van der Waals surface area contributed by atoms with Crippen LogP contribution in [-0.2, 0) is 19.6 Å². The highest BCUT2D eigenvalue weighted by molar-refractivity contribution is 5.41. The quantitative estimate of drug-likeness (QED) is 0.589. The van der Waals surface area contributed by atoms with E-state index >= 15 is 0 Å². The van der Waals surface area contributed by atoms with Crippen LogP contribution in [0.5, 0.6) is 0 Å². The molecule has 3 aromatic heterocycles. The van der Waals surface area contributed by atoms with E-state index in [0.717, 1.165) is 30.1 Å². The lowest BCUT2D eigenvalue weighted by molar-refractivity contribution is 0.242. The van der Waals surface area contributed by atoms with Gasteiger partial charge in [0.25, 0.3) is 0 Å². The Balaban J connectivity index is 1.60. The molecule has 0 bridgehead atoms. The lowest BCUT2D eigenvalue weighted by Crippen LogP contribution is -2.23. The fraction of sp³-hybridized carbons (Fsp3) is 0.176. The van der Waals surface area contributed by atoms with E-state index in [2.05, 4.69) is 54.5 Å². The van der Waals surface area contributed by atoms with Crippen LogP contribution >= 0.6 is 0 Å². The molecule has 0 saturated carbocycles. The molecule has 7 heteroatoms. The van der Waals surface area contributed by atoms with Crippen molar-refractivity contribution in [2.75, 3.05) is 0 Å². The van der Waals surface area contributed by atoms with Crippen molar-refractivity contribution in [1.82, 2.24) is 34.7 Å². The molecule has 4 aromatic rings. The Kier molecular flexibility index (Phi) is 3.99. The number of fused-ring (bicyclic) bond motifs is 1. The van der Waals surface area contributed by atoms with Crippen LogP contribution in [0.25, 0.3) is 5.65 Å². The molecule has 0 atom stereocenters. The average Bonchev–Trinajstić information content (AvgIpc) is 3.27. The Bertz CT molecular complexity index is 899. The first kappa shape index (κ1) is 14.5. The summed E-state index contributed by atoms with van der Waals surface area (Å²) in [6, 6.07) is 12.4. The molecular formula is C17H17N7. The summed E-state index contributed by atoms with van der Waals surface area (Å²) in [5, 5.41) is 15.3. The third-order valence-corrected chi connectivity index (χ3v) is 3.86. The molecule has 4 rings (SSSR count). The number of aromatic nitrogens is 6. The SMILES string of the molecule is c1ccc(CN(Cc2cc[nH]n2)Cc2nccn3cnnc23)cc1. The van der Waals surface area contributed by atoms with Crippen LogP contribution in [0.3, 0.4) is 0 Å². The van der Waals surface area contributed by atoms with Crippen LogP contribution < -0.4 is 0 Å². The van der Waals surface area contributed by atoms with Crippen molar-refractivity contribution in [3.05, 3.63) is 78.3 Å². The van der Waals surface area contributed by atoms with Crippen molar-refractivity contribution < 1.29 is 0 Å². The number of benzene rings is 1. The van der Waals surface area contributed by atoms with Crippen molar-refractivity contribution in [3.8, 4) is 0 Å². The maximum atomic E-state index is 4.50. The number of nitrogens with zero attached hydrogens (tertiary/aromatic N) is 6. The van der Waals surface area contributed by atoms with Crippen LogP contribution in [-0.4, -0.2) is 34.7 Å². The minimum atomic E-state index is 0.671. The maximum Gasteiger partial charge on any atom is 0.183 e. The van der Waals surface area contributed by atoms with Gasteiger partial charge in [-0.05, 0) is 11.6 Å². The van der Waals surface area contributed by atoms with Gasteiger partial charge in [-0.3, -0.25) is 19.4 Å². The topological polar surface area (TPSA) is 75.0 Å². The van der Waals surface area contributed by atoms with E-state index in [-0.39, 0.29) is 0 Å². The summed E-state index contributed by atoms with van der Waals surface area (Å²) < 4.78 is 1.89. The number of nitrogens with one attached hydrogen (secondary N) is 1. The van der Waals surface area contributed by atoms with Gasteiger partial charge in [-0.1, -0.05) is 30.3 Å². The van der Waals surface area contributed by atoms with Crippen LogP contribution in [0.4, 0.5) is 0 Å². The zero-order chi connectivity index (χ0) is 16.2. The molecular weight excluding hydrogens is 302 g/mol. The predicted molar refractivity (Wildman–Crippen MR) is 88.8 cm³/mol. The van der Waals surface area contributed by atoms with Gasteiger partial charge >= 0.3 is 0 Å². The summed E-state index contributed by atoms with van der Waals surface area (Å²) in [5.74, 6) is 0. The Morgan fingerprint density at radius 3 is 2.79 bits per heavy atom. The molecule has 0 aliphatic heterocycles. The van der Waals surface area contributed by atoms with Gasteiger partial charge in [0, 0.05) is 38.2 Å². The van der Waals surface area contributed by atoms with Crippen molar-refractivity contribution >= 4 is 5.65 Å². The first-order chi connectivity index (χ1) is 11.9. The first-order valence-electron chi connectivity index (χ1n) is 7.76. The lowest BCUT2D eigenvalue weighted by atomic mass is 10.2. The smallest absolute Gasteiger partial charge is 0.183 e. The Hall–Kier alpha value is -3.06. The summed E-state index contributed by atoms with van der Waals surface area (Å²) in [4.78, 5) is 6.79. The Labute approximate surface area is 139 Å². The monoisotopic (exact) mass is 319 g/mol. The van der Waals surface area contributed by atoms with Crippen LogP contribution in [0.15, 0.2) is 61.3 Å². The largest absolute Gasteiger partial charge is 0.287 e.